The maximum Gasteiger partial charge on any atom is 0.432 e. The molecule has 6 heteroatoms. The van der Waals surface area contributed by atoms with E-state index in [2.05, 4.69) is 5.09 Å². The summed E-state index contributed by atoms with van der Waals surface area (Å²) in [5, 5.41) is 3.17. The fraction of sp³-hybridized carbons (Fsp3) is 0.250. The lowest BCUT2D eigenvalue weighted by atomic mass is 10.3. The standard InChI is InChI=1S/C8H11ClNO3P/c1-12-14(11,13-2)10-8-5-3-4-7(9)6-8/h3-6H,1-2H3,(H,10,11). The summed E-state index contributed by atoms with van der Waals surface area (Å²) in [5.41, 5.74) is 0.588. The summed E-state index contributed by atoms with van der Waals surface area (Å²) in [6.07, 6.45) is 0. The molecule has 14 heavy (non-hydrogen) atoms. The van der Waals surface area contributed by atoms with E-state index < -0.39 is 7.75 Å². The van der Waals surface area contributed by atoms with E-state index in [0.717, 1.165) is 0 Å². The Bertz CT molecular complexity index is 350. The first-order valence-corrected chi connectivity index (χ1v) is 5.77. The fourth-order valence-corrected chi connectivity index (χ4v) is 1.86. The molecule has 0 saturated heterocycles. The van der Waals surface area contributed by atoms with Crippen molar-refractivity contribution in [1.29, 1.82) is 0 Å². The van der Waals surface area contributed by atoms with E-state index in [1.807, 2.05) is 0 Å². The average molecular weight is 236 g/mol. The van der Waals surface area contributed by atoms with E-state index >= 15 is 0 Å². The second-order valence-corrected chi connectivity index (χ2v) is 4.87. The Labute approximate surface area is 87.8 Å². The van der Waals surface area contributed by atoms with Crippen molar-refractivity contribution in [2.24, 2.45) is 0 Å². The van der Waals surface area contributed by atoms with Crippen molar-refractivity contribution in [2.45, 2.75) is 0 Å². The molecular weight excluding hydrogens is 225 g/mol. The smallest absolute Gasteiger partial charge is 0.296 e. The summed E-state index contributed by atoms with van der Waals surface area (Å²) >= 11 is 5.75. The third kappa shape index (κ3) is 3.00. The fourth-order valence-electron chi connectivity index (χ4n) is 0.882. The lowest BCUT2D eigenvalue weighted by molar-refractivity contribution is 0.281. The molecule has 0 atom stereocenters. The van der Waals surface area contributed by atoms with Crippen molar-refractivity contribution in [3.63, 3.8) is 0 Å². The Morgan fingerprint density at radius 1 is 1.36 bits per heavy atom. The Balaban J connectivity index is 2.83. The molecule has 0 bridgehead atoms. The molecule has 0 aliphatic carbocycles. The molecule has 0 amide bonds. The van der Waals surface area contributed by atoms with Gasteiger partial charge in [-0.3, -0.25) is 14.1 Å². The highest BCUT2D eigenvalue weighted by atomic mass is 35.5. The monoisotopic (exact) mass is 235 g/mol. The molecule has 0 unspecified atom stereocenters. The first-order valence-electron chi connectivity index (χ1n) is 3.85. The number of rotatable bonds is 4. The van der Waals surface area contributed by atoms with Crippen LogP contribution in [0.2, 0.25) is 5.02 Å². The zero-order chi connectivity index (χ0) is 10.6. The summed E-state index contributed by atoms with van der Waals surface area (Å²) < 4.78 is 21.1. The van der Waals surface area contributed by atoms with Crippen LogP contribution in [0.25, 0.3) is 0 Å². The predicted molar refractivity (Wildman–Crippen MR) is 56.7 cm³/mol. The largest absolute Gasteiger partial charge is 0.432 e. The van der Waals surface area contributed by atoms with Gasteiger partial charge in [0.05, 0.1) is 0 Å². The van der Waals surface area contributed by atoms with Gasteiger partial charge in [0.25, 0.3) is 0 Å². The maximum atomic E-state index is 11.6. The molecule has 0 aliphatic heterocycles. The number of hydrogen-bond acceptors (Lipinski definition) is 3. The van der Waals surface area contributed by atoms with Gasteiger partial charge in [0.2, 0.25) is 0 Å². The SMILES string of the molecule is COP(=O)(Nc1cccc(Cl)c1)OC. The molecule has 0 heterocycles. The summed E-state index contributed by atoms with van der Waals surface area (Å²) in [4.78, 5) is 0. The zero-order valence-electron chi connectivity index (χ0n) is 7.86. The van der Waals surface area contributed by atoms with Crippen LogP contribution in [0, 0.1) is 0 Å². The molecule has 0 spiro atoms. The highest BCUT2D eigenvalue weighted by molar-refractivity contribution is 7.55. The molecular formula is C8H11ClNO3P. The van der Waals surface area contributed by atoms with E-state index in [4.69, 9.17) is 20.6 Å². The van der Waals surface area contributed by atoms with E-state index in [1.54, 1.807) is 24.3 Å². The minimum Gasteiger partial charge on any atom is -0.296 e. The molecule has 1 rings (SSSR count). The van der Waals surface area contributed by atoms with Gasteiger partial charge in [-0.2, -0.15) is 0 Å². The molecule has 78 valence electrons. The topological polar surface area (TPSA) is 47.6 Å². The molecule has 0 saturated carbocycles. The Kier molecular flexibility index (Phi) is 3.96. The van der Waals surface area contributed by atoms with Crippen LogP contribution in [0.1, 0.15) is 0 Å². The molecule has 0 radical (unpaired) electrons. The Morgan fingerprint density at radius 2 is 2.00 bits per heavy atom. The van der Waals surface area contributed by atoms with Crippen LogP contribution in [0.3, 0.4) is 0 Å². The van der Waals surface area contributed by atoms with Gasteiger partial charge < -0.3 is 0 Å². The normalized spacial score (nSPS) is 11.4. The third-order valence-electron chi connectivity index (χ3n) is 1.57. The first-order chi connectivity index (χ1) is 6.59. The van der Waals surface area contributed by atoms with E-state index in [1.165, 1.54) is 14.2 Å². The van der Waals surface area contributed by atoms with Crippen LogP contribution in [-0.2, 0) is 13.6 Å². The molecule has 4 nitrogen and oxygen atoms in total. The highest BCUT2D eigenvalue weighted by Gasteiger charge is 2.20. The van der Waals surface area contributed by atoms with Crippen LogP contribution >= 0.6 is 19.3 Å². The Morgan fingerprint density at radius 3 is 2.50 bits per heavy atom. The van der Waals surface area contributed by atoms with Crippen molar-refractivity contribution < 1.29 is 13.6 Å². The molecule has 1 aromatic rings. The van der Waals surface area contributed by atoms with Crippen molar-refractivity contribution in [3.05, 3.63) is 29.3 Å². The molecule has 0 fully saturated rings. The molecule has 1 N–H and O–H groups in total. The van der Waals surface area contributed by atoms with Gasteiger partial charge in [0.15, 0.2) is 0 Å². The van der Waals surface area contributed by atoms with E-state index in [0.29, 0.717) is 10.7 Å². The number of nitrogens with one attached hydrogen (secondary N) is 1. The molecule has 0 aromatic heterocycles. The summed E-state index contributed by atoms with van der Waals surface area (Å²) in [5.74, 6) is 0. The average Bonchev–Trinajstić information content (AvgIpc) is 2.18. The zero-order valence-corrected chi connectivity index (χ0v) is 9.51. The first kappa shape index (κ1) is 11.5. The second-order valence-electron chi connectivity index (χ2n) is 2.48. The van der Waals surface area contributed by atoms with Gasteiger partial charge in [0.1, 0.15) is 0 Å². The van der Waals surface area contributed by atoms with Gasteiger partial charge >= 0.3 is 7.75 Å². The molecule has 1 aromatic carbocycles. The van der Waals surface area contributed by atoms with Crippen molar-refractivity contribution in [2.75, 3.05) is 19.3 Å². The van der Waals surface area contributed by atoms with Crippen molar-refractivity contribution >= 4 is 25.0 Å². The highest BCUT2D eigenvalue weighted by Crippen LogP contribution is 2.46. The summed E-state index contributed by atoms with van der Waals surface area (Å²) in [6.45, 7) is 0. The van der Waals surface area contributed by atoms with Crippen molar-refractivity contribution in [3.8, 4) is 0 Å². The second kappa shape index (κ2) is 4.80. The van der Waals surface area contributed by atoms with Gasteiger partial charge in [-0.05, 0) is 18.2 Å². The van der Waals surface area contributed by atoms with Crippen LogP contribution in [0.15, 0.2) is 24.3 Å². The number of anilines is 1. The lowest BCUT2D eigenvalue weighted by Crippen LogP contribution is -2.00. The van der Waals surface area contributed by atoms with Crippen molar-refractivity contribution in [1.82, 2.24) is 0 Å². The van der Waals surface area contributed by atoms with Crippen LogP contribution in [0.5, 0.6) is 0 Å². The minimum atomic E-state index is -3.23. The van der Waals surface area contributed by atoms with Gasteiger partial charge in [-0.1, -0.05) is 17.7 Å². The van der Waals surface area contributed by atoms with Gasteiger partial charge in [0, 0.05) is 24.9 Å². The van der Waals surface area contributed by atoms with Crippen LogP contribution < -0.4 is 5.09 Å². The van der Waals surface area contributed by atoms with E-state index in [9.17, 15) is 4.57 Å². The van der Waals surface area contributed by atoms with Gasteiger partial charge in [-0.25, -0.2) is 4.57 Å². The Hall–Kier alpha value is -0.540. The summed E-state index contributed by atoms with van der Waals surface area (Å²) in [6, 6.07) is 6.81. The number of halogens is 1. The maximum absolute atomic E-state index is 11.6. The van der Waals surface area contributed by atoms with Crippen LogP contribution in [0.4, 0.5) is 5.69 Å². The predicted octanol–water partition coefficient (Wildman–Crippen LogP) is 3.15. The number of benzene rings is 1. The van der Waals surface area contributed by atoms with Crippen LogP contribution in [-0.4, -0.2) is 14.2 Å². The van der Waals surface area contributed by atoms with E-state index in [-0.39, 0.29) is 0 Å². The quantitative estimate of drug-likeness (QED) is 0.815. The number of hydrogen-bond donors (Lipinski definition) is 1. The lowest BCUT2D eigenvalue weighted by Gasteiger charge is -2.15. The molecule has 0 aliphatic rings. The van der Waals surface area contributed by atoms with Gasteiger partial charge in [-0.15, -0.1) is 0 Å². The minimum absolute atomic E-state index is 0.550. The third-order valence-corrected chi connectivity index (χ3v) is 3.30. The summed E-state index contributed by atoms with van der Waals surface area (Å²) in [7, 11) is -0.617.